The molecule has 3 amide bonds. The molecule has 2 rings (SSSR count). The van der Waals surface area contributed by atoms with Gasteiger partial charge in [0.05, 0.1) is 19.1 Å². The molecule has 2 atom stereocenters. The maximum atomic E-state index is 13.2. The van der Waals surface area contributed by atoms with Crippen LogP contribution >= 0.6 is 0 Å². The molecule has 10 heteroatoms. The molecule has 2 aromatic rings. The molecule has 0 aliphatic heterocycles. The van der Waals surface area contributed by atoms with Crippen molar-refractivity contribution in [3.63, 3.8) is 0 Å². The molecular formula is C26H33F2N3O5. The Morgan fingerprint density at radius 3 is 2.36 bits per heavy atom. The van der Waals surface area contributed by atoms with E-state index in [1.165, 1.54) is 6.07 Å². The first-order valence-electron chi connectivity index (χ1n) is 11.7. The number of carbonyl (C=O) groups is 3. The lowest BCUT2D eigenvalue weighted by Crippen LogP contribution is -2.55. The quantitative estimate of drug-likeness (QED) is 0.353. The first-order valence-corrected chi connectivity index (χ1v) is 11.7. The van der Waals surface area contributed by atoms with Crippen molar-refractivity contribution >= 4 is 17.7 Å². The van der Waals surface area contributed by atoms with E-state index < -0.39 is 49.4 Å². The smallest absolute Gasteiger partial charge is 0.255 e. The maximum Gasteiger partial charge on any atom is 0.255 e. The van der Waals surface area contributed by atoms with Crippen LogP contribution in [0.3, 0.4) is 0 Å². The number of amides is 3. The number of alkyl halides is 2. The summed E-state index contributed by atoms with van der Waals surface area (Å²) in [6.45, 7) is 3.67. The van der Waals surface area contributed by atoms with Gasteiger partial charge in [-0.1, -0.05) is 37.3 Å². The van der Waals surface area contributed by atoms with Gasteiger partial charge in [-0.3, -0.25) is 14.4 Å². The fourth-order valence-corrected chi connectivity index (χ4v) is 3.68. The van der Waals surface area contributed by atoms with Crippen LogP contribution in [0, 0.1) is 13.8 Å². The molecule has 0 saturated heterocycles. The van der Waals surface area contributed by atoms with Crippen LogP contribution in [0.25, 0.3) is 0 Å². The molecule has 2 unspecified atom stereocenters. The van der Waals surface area contributed by atoms with Gasteiger partial charge in [0.2, 0.25) is 5.91 Å². The molecular weight excluding hydrogens is 472 g/mol. The summed E-state index contributed by atoms with van der Waals surface area (Å²) in [7, 11) is 0. The van der Waals surface area contributed by atoms with E-state index in [1.54, 1.807) is 50.2 Å². The molecule has 8 nitrogen and oxygen atoms in total. The van der Waals surface area contributed by atoms with Crippen LogP contribution in [-0.2, 0) is 16.0 Å². The third-order valence-electron chi connectivity index (χ3n) is 5.60. The summed E-state index contributed by atoms with van der Waals surface area (Å²) in [5, 5.41) is 26.2. The normalized spacial score (nSPS) is 12.6. The number of benzene rings is 2. The summed E-state index contributed by atoms with van der Waals surface area (Å²) >= 11 is 0. The van der Waals surface area contributed by atoms with Gasteiger partial charge in [0, 0.05) is 17.7 Å². The van der Waals surface area contributed by atoms with Gasteiger partial charge in [0.15, 0.2) is 6.10 Å². The zero-order valence-corrected chi connectivity index (χ0v) is 20.6. The molecule has 0 aliphatic rings. The molecule has 0 spiro atoms. The summed E-state index contributed by atoms with van der Waals surface area (Å²) < 4.78 is 26.4. The first kappa shape index (κ1) is 28.7. The van der Waals surface area contributed by atoms with Crippen molar-refractivity contribution in [3.8, 4) is 5.75 Å². The van der Waals surface area contributed by atoms with E-state index in [0.29, 0.717) is 34.6 Å². The lowest BCUT2D eigenvalue weighted by Gasteiger charge is -2.29. The average Bonchev–Trinajstić information content (AvgIpc) is 2.83. The molecule has 0 saturated carbocycles. The standard InChI is InChI=1S/C26H33F2N3O5/c1-4-10-29-23(33)15-31(14-22(27)28)26(36)24(34)20(13-18-8-6-5-7-9-18)30-25(35)19-11-16(2)12-21(32)17(19)3/h5-9,11-12,20,22,24,32,34H,4,10,13-15H2,1-3H3,(H,29,33)(H,30,35). The second-order valence-corrected chi connectivity index (χ2v) is 8.63. The van der Waals surface area contributed by atoms with E-state index >= 15 is 0 Å². The number of phenolic OH excluding ortho intramolecular Hbond substituents is 1. The Bertz CT molecular complexity index is 1050. The van der Waals surface area contributed by atoms with Gasteiger partial charge in [0.1, 0.15) is 5.75 Å². The van der Waals surface area contributed by atoms with Gasteiger partial charge in [-0.25, -0.2) is 8.78 Å². The molecule has 0 bridgehead atoms. The average molecular weight is 506 g/mol. The molecule has 196 valence electrons. The highest BCUT2D eigenvalue weighted by atomic mass is 19.3. The molecule has 2 aromatic carbocycles. The van der Waals surface area contributed by atoms with E-state index in [-0.39, 0.29) is 17.7 Å². The number of aliphatic hydroxyl groups excluding tert-OH is 1. The van der Waals surface area contributed by atoms with E-state index in [4.69, 9.17) is 0 Å². The largest absolute Gasteiger partial charge is 0.508 e. The van der Waals surface area contributed by atoms with Crippen LogP contribution in [0.5, 0.6) is 5.75 Å². The number of aliphatic hydroxyl groups is 1. The fraction of sp³-hybridized carbons (Fsp3) is 0.423. The van der Waals surface area contributed by atoms with Crippen molar-refractivity contribution < 1.29 is 33.4 Å². The summed E-state index contributed by atoms with van der Waals surface area (Å²) in [6, 6.07) is 10.6. The van der Waals surface area contributed by atoms with Crippen molar-refractivity contribution in [3.05, 3.63) is 64.7 Å². The topological polar surface area (TPSA) is 119 Å². The Kier molecular flexibility index (Phi) is 10.8. The number of nitrogens with one attached hydrogen (secondary N) is 2. The van der Waals surface area contributed by atoms with Gasteiger partial charge >= 0.3 is 0 Å². The summed E-state index contributed by atoms with van der Waals surface area (Å²) in [5.41, 5.74) is 1.76. The number of rotatable bonds is 12. The minimum atomic E-state index is -2.93. The van der Waals surface area contributed by atoms with Crippen molar-refractivity contribution in [2.75, 3.05) is 19.6 Å². The van der Waals surface area contributed by atoms with Crippen LogP contribution < -0.4 is 10.6 Å². The van der Waals surface area contributed by atoms with Crippen LogP contribution in [0.4, 0.5) is 8.78 Å². The third kappa shape index (κ3) is 8.30. The van der Waals surface area contributed by atoms with Crippen LogP contribution in [0.2, 0.25) is 0 Å². The molecule has 0 aliphatic carbocycles. The van der Waals surface area contributed by atoms with E-state index in [1.807, 2.05) is 6.92 Å². The lowest BCUT2D eigenvalue weighted by molar-refractivity contribution is -0.146. The lowest BCUT2D eigenvalue weighted by atomic mass is 9.98. The minimum Gasteiger partial charge on any atom is -0.508 e. The molecule has 0 fully saturated rings. The Morgan fingerprint density at radius 2 is 1.75 bits per heavy atom. The van der Waals surface area contributed by atoms with Gasteiger partial charge in [0.25, 0.3) is 18.2 Å². The van der Waals surface area contributed by atoms with Gasteiger partial charge in [-0.05, 0) is 49.9 Å². The molecule has 0 aromatic heterocycles. The van der Waals surface area contributed by atoms with Crippen LogP contribution in [-0.4, -0.2) is 71.0 Å². The number of hydrogen-bond acceptors (Lipinski definition) is 5. The molecule has 0 radical (unpaired) electrons. The Morgan fingerprint density at radius 1 is 1.08 bits per heavy atom. The molecule has 0 heterocycles. The van der Waals surface area contributed by atoms with Gasteiger partial charge in [-0.15, -0.1) is 0 Å². The minimum absolute atomic E-state index is 0.0148. The zero-order chi connectivity index (χ0) is 26.8. The van der Waals surface area contributed by atoms with Gasteiger partial charge in [-0.2, -0.15) is 0 Å². The Labute approximate surface area is 209 Å². The van der Waals surface area contributed by atoms with Crippen molar-refractivity contribution in [1.29, 1.82) is 0 Å². The number of aromatic hydroxyl groups is 1. The highest BCUT2D eigenvalue weighted by molar-refractivity contribution is 5.97. The summed E-state index contributed by atoms with van der Waals surface area (Å²) in [5.74, 6) is -2.47. The first-order chi connectivity index (χ1) is 17.0. The van der Waals surface area contributed by atoms with Crippen molar-refractivity contribution in [2.45, 2.75) is 52.2 Å². The Hall–Kier alpha value is -3.53. The zero-order valence-electron chi connectivity index (χ0n) is 20.6. The SMILES string of the molecule is CCCNC(=O)CN(CC(F)F)C(=O)C(O)C(Cc1ccccc1)NC(=O)c1cc(C)cc(O)c1C. The van der Waals surface area contributed by atoms with E-state index in [9.17, 15) is 33.4 Å². The monoisotopic (exact) mass is 505 g/mol. The van der Waals surface area contributed by atoms with Crippen LogP contribution in [0.15, 0.2) is 42.5 Å². The Balaban J connectivity index is 2.33. The number of phenols is 1. The van der Waals surface area contributed by atoms with Gasteiger partial charge < -0.3 is 25.7 Å². The number of carbonyl (C=O) groups excluding carboxylic acids is 3. The number of aryl methyl sites for hydroxylation is 1. The van der Waals surface area contributed by atoms with E-state index in [0.717, 1.165) is 0 Å². The highest BCUT2D eigenvalue weighted by Gasteiger charge is 2.34. The molecule has 36 heavy (non-hydrogen) atoms. The van der Waals surface area contributed by atoms with Crippen LogP contribution in [0.1, 0.15) is 40.4 Å². The summed E-state index contributed by atoms with van der Waals surface area (Å²) in [4.78, 5) is 38.9. The highest BCUT2D eigenvalue weighted by Crippen LogP contribution is 2.23. The number of halogens is 2. The predicted molar refractivity (Wildman–Crippen MR) is 131 cm³/mol. The third-order valence-corrected chi connectivity index (χ3v) is 5.60. The predicted octanol–water partition coefficient (Wildman–Crippen LogP) is 2.33. The number of nitrogens with zero attached hydrogens (tertiary/aromatic N) is 1. The van der Waals surface area contributed by atoms with Crippen molar-refractivity contribution in [2.24, 2.45) is 0 Å². The van der Waals surface area contributed by atoms with Crippen molar-refractivity contribution in [1.82, 2.24) is 15.5 Å². The second kappa shape index (κ2) is 13.5. The summed E-state index contributed by atoms with van der Waals surface area (Å²) in [6.07, 6.45) is -4.21. The fourth-order valence-electron chi connectivity index (χ4n) is 3.68. The molecule has 4 N–H and O–H groups in total. The van der Waals surface area contributed by atoms with E-state index in [2.05, 4.69) is 10.6 Å². The second-order valence-electron chi connectivity index (χ2n) is 8.63. The maximum absolute atomic E-state index is 13.2. The number of hydrogen-bond donors (Lipinski definition) is 4.